The lowest BCUT2D eigenvalue weighted by Crippen LogP contribution is -2.13. The van der Waals surface area contributed by atoms with Gasteiger partial charge in [0.05, 0.1) is 5.56 Å². The molecule has 18 heavy (non-hydrogen) atoms. The first-order valence-corrected chi connectivity index (χ1v) is 5.67. The van der Waals surface area contributed by atoms with Crippen LogP contribution in [0.25, 0.3) is 0 Å². The number of phenolic OH excluding ortho intramolecular Hbond substituents is 1. The standard InChI is InChI=1S/C13H11ClN2O2/c1-8-3-2-4-12(15-8)16-13(18)10-7-9(14)5-6-11(10)17/h2-7,17H,1H3,(H,15,16,18). The smallest absolute Gasteiger partial charge is 0.260 e. The normalized spacial score (nSPS) is 10.1. The number of hydrogen-bond donors (Lipinski definition) is 2. The van der Waals surface area contributed by atoms with Crippen LogP contribution in [0.5, 0.6) is 5.75 Å². The van der Waals surface area contributed by atoms with E-state index in [0.29, 0.717) is 10.8 Å². The Morgan fingerprint density at radius 3 is 2.83 bits per heavy atom. The number of amides is 1. The molecule has 2 rings (SSSR count). The fourth-order valence-corrected chi connectivity index (χ4v) is 1.66. The molecule has 2 N–H and O–H groups in total. The van der Waals surface area contributed by atoms with Crippen molar-refractivity contribution < 1.29 is 9.90 Å². The van der Waals surface area contributed by atoms with Crippen LogP contribution in [0.3, 0.4) is 0 Å². The summed E-state index contributed by atoms with van der Waals surface area (Å²) in [7, 11) is 0. The zero-order valence-corrected chi connectivity index (χ0v) is 10.4. The highest BCUT2D eigenvalue weighted by molar-refractivity contribution is 6.31. The molecule has 0 saturated carbocycles. The number of halogens is 1. The van der Waals surface area contributed by atoms with Crippen molar-refractivity contribution in [1.82, 2.24) is 4.98 Å². The van der Waals surface area contributed by atoms with Crippen molar-refractivity contribution in [2.75, 3.05) is 5.32 Å². The Labute approximate surface area is 109 Å². The maximum atomic E-state index is 11.9. The Morgan fingerprint density at radius 1 is 1.33 bits per heavy atom. The summed E-state index contributed by atoms with van der Waals surface area (Å²) >= 11 is 5.78. The Bertz CT molecular complexity index is 599. The molecule has 1 heterocycles. The minimum absolute atomic E-state index is 0.116. The van der Waals surface area contributed by atoms with E-state index < -0.39 is 5.91 Å². The number of nitrogens with zero attached hydrogens (tertiary/aromatic N) is 1. The van der Waals surface area contributed by atoms with Gasteiger partial charge in [-0.25, -0.2) is 4.98 Å². The van der Waals surface area contributed by atoms with E-state index in [2.05, 4.69) is 10.3 Å². The van der Waals surface area contributed by atoms with Gasteiger partial charge in [-0.1, -0.05) is 17.7 Å². The van der Waals surface area contributed by atoms with Crippen molar-refractivity contribution in [3.63, 3.8) is 0 Å². The summed E-state index contributed by atoms with van der Waals surface area (Å²) in [6.07, 6.45) is 0. The molecule has 0 fully saturated rings. The monoisotopic (exact) mass is 262 g/mol. The molecule has 0 atom stereocenters. The van der Waals surface area contributed by atoms with Crippen LogP contribution >= 0.6 is 11.6 Å². The molecule has 0 unspecified atom stereocenters. The quantitative estimate of drug-likeness (QED) is 0.875. The number of hydrogen-bond acceptors (Lipinski definition) is 3. The third kappa shape index (κ3) is 2.78. The van der Waals surface area contributed by atoms with Gasteiger partial charge in [0.15, 0.2) is 0 Å². The highest BCUT2D eigenvalue weighted by atomic mass is 35.5. The Hall–Kier alpha value is -2.07. The highest BCUT2D eigenvalue weighted by Crippen LogP contribution is 2.22. The molecule has 0 aliphatic heterocycles. The highest BCUT2D eigenvalue weighted by Gasteiger charge is 2.12. The summed E-state index contributed by atoms with van der Waals surface area (Å²) < 4.78 is 0. The van der Waals surface area contributed by atoms with Gasteiger partial charge < -0.3 is 10.4 Å². The number of aryl methyl sites for hydroxylation is 1. The van der Waals surface area contributed by atoms with Gasteiger partial charge in [-0.2, -0.15) is 0 Å². The number of benzene rings is 1. The second kappa shape index (κ2) is 5.06. The van der Waals surface area contributed by atoms with Crippen molar-refractivity contribution in [1.29, 1.82) is 0 Å². The predicted molar refractivity (Wildman–Crippen MR) is 70.0 cm³/mol. The average molecular weight is 263 g/mol. The van der Waals surface area contributed by atoms with Crippen LogP contribution < -0.4 is 5.32 Å². The minimum atomic E-state index is -0.451. The fraction of sp³-hybridized carbons (Fsp3) is 0.0769. The second-order valence-corrected chi connectivity index (χ2v) is 4.22. The van der Waals surface area contributed by atoms with E-state index in [1.54, 1.807) is 12.1 Å². The zero-order valence-electron chi connectivity index (χ0n) is 9.64. The van der Waals surface area contributed by atoms with Crippen molar-refractivity contribution >= 4 is 23.3 Å². The van der Waals surface area contributed by atoms with Gasteiger partial charge in [0, 0.05) is 10.7 Å². The van der Waals surface area contributed by atoms with Crippen LogP contribution in [-0.2, 0) is 0 Å². The first-order valence-electron chi connectivity index (χ1n) is 5.30. The lowest BCUT2D eigenvalue weighted by Gasteiger charge is -2.07. The molecule has 0 spiro atoms. The summed E-state index contributed by atoms with van der Waals surface area (Å²) in [6.45, 7) is 1.83. The van der Waals surface area contributed by atoms with Gasteiger partial charge in [-0.15, -0.1) is 0 Å². The summed E-state index contributed by atoms with van der Waals surface area (Å²) in [5.41, 5.74) is 0.911. The first-order chi connectivity index (χ1) is 8.56. The van der Waals surface area contributed by atoms with Crippen LogP contribution in [0.2, 0.25) is 5.02 Å². The summed E-state index contributed by atoms with van der Waals surface area (Å²) in [4.78, 5) is 16.1. The molecule has 4 nitrogen and oxygen atoms in total. The van der Waals surface area contributed by atoms with E-state index in [-0.39, 0.29) is 11.3 Å². The molecular formula is C13H11ClN2O2. The number of carbonyl (C=O) groups excluding carboxylic acids is 1. The molecular weight excluding hydrogens is 252 g/mol. The Balaban J connectivity index is 2.24. The number of aromatic nitrogens is 1. The first kappa shape index (κ1) is 12.4. The number of rotatable bonds is 2. The average Bonchev–Trinajstić information content (AvgIpc) is 2.32. The summed E-state index contributed by atoms with van der Waals surface area (Å²) in [5.74, 6) is -0.142. The number of aromatic hydroxyl groups is 1. The van der Waals surface area contributed by atoms with E-state index in [4.69, 9.17) is 11.6 Å². The van der Waals surface area contributed by atoms with Crippen LogP contribution in [0.15, 0.2) is 36.4 Å². The SMILES string of the molecule is Cc1cccc(NC(=O)c2cc(Cl)ccc2O)n1. The summed E-state index contributed by atoms with van der Waals surface area (Å²) in [6, 6.07) is 9.58. The fourth-order valence-electron chi connectivity index (χ4n) is 1.49. The van der Waals surface area contributed by atoms with E-state index >= 15 is 0 Å². The Morgan fingerprint density at radius 2 is 2.11 bits per heavy atom. The molecule has 0 aliphatic carbocycles. The van der Waals surface area contributed by atoms with Crippen molar-refractivity contribution in [3.05, 3.63) is 52.7 Å². The van der Waals surface area contributed by atoms with Crippen LogP contribution in [0.1, 0.15) is 16.1 Å². The minimum Gasteiger partial charge on any atom is -0.507 e. The third-order valence-corrected chi connectivity index (χ3v) is 2.57. The number of phenols is 1. The van der Waals surface area contributed by atoms with Crippen molar-refractivity contribution in [2.45, 2.75) is 6.92 Å². The van der Waals surface area contributed by atoms with Crippen molar-refractivity contribution in [3.8, 4) is 5.75 Å². The van der Waals surface area contributed by atoms with Crippen molar-refractivity contribution in [2.24, 2.45) is 0 Å². The second-order valence-electron chi connectivity index (χ2n) is 3.78. The van der Waals surface area contributed by atoms with Gasteiger partial charge in [0.25, 0.3) is 5.91 Å². The van der Waals surface area contributed by atoms with Gasteiger partial charge in [-0.3, -0.25) is 4.79 Å². The number of pyridine rings is 1. The Kier molecular flexibility index (Phi) is 3.48. The van der Waals surface area contributed by atoms with Crippen LogP contribution in [0.4, 0.5) is 5.82 Å². The number of anilines is 1. The molecule has 0 bridgehead atoms. The third-order valence-electron chi connectivity index (χ3n) is 2.33. The van der Waals surface area contributed by atoms with Gasteiger partial charge in [0.1, 0.15) is 11.6 Å². The van der Waals surface area contributed by atoms with E-state index in [1.807, 2.05) is 13.0 Å². The topological polar surface area (TPSA) is 62.2 Å². The number of nitrogens with one attached hydrogen (secondary N) is 1. The maximum absolute atomic E-state index is 11.9. The zero-order chi connectivity index (χ0) is 13.1. The molecule has 1 aromatic carbocycles. The maximum Gasteiger partial charge on any atom is 0.260 e. The van der Waals surface area contributed by atoms with Gasteiger partial charge in [0.2, 0.25) is 0 Å². The van der Waals surface area contributed by atoms with Crippen LogP contribution in [0, 0.1) is 6.92 Å². The van der Waals surface area contributed by atoms with Gasteiger partial charge >= 0.3 is 0 Å². The molecule has 1 amide bonds. The molecule has 0 aliphatic rings. The summed E-state index contributed by atoms with van der Waals surface area (Å²) in [5, 5.41) is 12.6. The molecule has 5 heteroatoms. The molecule has 92 valence electrons. The largest absolute Gasteiger partial charge is 0.507 e. The van der Waals surface area contributed by atoms with E-state index in [1.165, 1.54) is 18.2 Å². The van der Waals surface area contributed by atoms with Gasteiger partial charge in [-0.05, 0) is 37.3 Å². The van der Waals surface area contributed by atoms with E-state index in [9.17, 15) is 9.90 Å². The molecule has 0 radical (unpaired) electrons. The lowest BCUT2D eigenvalue weighted by atomic mass is 10.2. The van der Waals surface area contributed by atoms with Crippen LogP contribution in [-0.4, -0.2) is 16.0 Å². The number of carbonyl (C=O) groups is 1. The predicted octanol–water partition coefficient (Wildman–Crippen LogP) is 3.00. The van der Waals surface area contributed by atoms with E-state index in [0.717, 1.165) is 5.69 Å². The molecule has 2 aromatic rings. The molecule has 0 saturated heterocycles. The molecule has 1 aromatic heterocycles. The lowest BCUT2D eigenvalue weighted by molar-refractivity contribution is 0.102.